The van der Waals surface area contributed by atoms with Crippen molar-refractivity contribution in [2.75, 3.05) is 53.0 Å². The van der Waals surface area contributed by atoms with Gasteiger partial charge in [0, 0.05) is 65.6 Å². The number of aromatic nitrogens is 2. The van der Waals surface area contributed by atoms with Gasteiger partial charge in [0.15, 0.2) is 0 Å². The summed E-state index contributed by atoms with van der Waals surface area (Å²) < 4.78 is 5.16. The van der Waals surface area contributed by atoms with Crippen LogP contribution >= 0.6 is 0 Å². The zero-order chi connectivity index (χ0) is 26.7. The third kappa shape index (κ3) is 7.24. The van der Waals surface area contributed by atoms with Crippen LogP contribution in [-0.4, -0.2) is 89.5 Å². The van der Waals surface area contributed by atoms with Gasteiger partial charge in [-0.25, -0.2) is 4.98 Å². The van der Waals surface area contributed by atoms with Gasteiger partial charge in [-0.1, -0.05) is 60.7 Å². The largest absolute Gasteiger partial charge is 0.385 e. The molecule has 3 aromatic rings. The maximum absolute atomic E-state index is 13.2. The van der Waals surface area contributed by atoms with Crippen LogP contribution in [-0.2, 0) is 9.53 Å². The molecule has 4 rings (SSSR count). The maximum atomic E-state index is 13.2. The van der Waals surface area contributed by atoms with Crippen molar-refractivity contribution in [2.24, 2.45) is 0 Å². The number of aryl methyl sites for hydroxylation is 1. The molecule has 2 amide bonds. The van der Waals surface area contributed by atoms with Crippen molar-refractivity contribution >= 4 is 11.8 Å². The first kappa shape index (κ1) is 27.4. The zero-order valence-corrected chi connectivity index (χ0v) is 22.3. The van der Waals surface area contributed by atoms with Gasteiger partial charge in [0.05, 0.1) is 17.9 Å². The number of nitrogens with zero attached hydrogens (tertiary/aromatic N) is 5. The molecule has 8 nitrogen and oxygen atoms in total. The summed E-state index contributed by atoms with van der Waals surface area (Å²) in [6, 6.07) is 21.2. The normalized spacial score (nSPS) is 14.0. The second-order valence-electron chi connectivity index (χ2n) is 9.57. The molecule has 1 saturated heterocycles. The molecule has 1 aromatic heterocycles. The highest BCUT2D eigenvalue weighted by atomic mass is 16.5. The van der Waals surface area contributed by atoms with Crippen LogP contribution in [0.1, 0.15) is 46.2 Å². The Morgan fingerprint density at radius 3 is 2.08 bits per heavy atom. The Bertz CT molecular complexity index is 1110. The van der Waals surface area contributed by atoms with Crippen LogP contribution in [0.3, 0.4) is 0 Å². The minimum Gasteiger partial charge on any atom is -0.385 e. The summed E-state index contributed by atoms with van der Waals surface area (Å²) >= 11 is 0. The molecule has 1 aliphatic heterocycles. The van der Waals surface area contributed by atoms with Crippen LogP contribution in [0.15, 0.2) is 73.1 Å². The van der Waals surface area contributed by atoms with E-state index in [-0.39, 0.29) is 24.3 Å². The predicted molar refractivity (Wildman–Crippen MR) is 147 cm³/mol. The summed E-state index contributed by atoms with van der Waals surface area (Å²) in [5.74, 6) is -0.139. The average Bonchev–Trinajstić information content (AvgIpc) is 2.96. The van der Waals surface area contributed by atoms with Crippen molar-refractivity contribution in [2.45, 2.75) is 25.8 Å². The molecular formula is C30H37N5O3. The third-order valence-electron chi connectivity index (χ3n) is 6.92. The van der Waals surface area contributed by atoms with E-state index < -0.39 is 0 Å². The molecule has 0 saturated carbocycles. The summed E-state index contributed by atoms with van der Waals surface area (Å²) in [5, 5.41) is 0. The number of carbonyl (C=O) groups is 2. The lowest BCUT2D eigenvalue weighted by molar-refractivity contribution is -0.133. The maximum Gasteiger partial charge on any atom is 0.274 e. The molecule has 0 aliphatic carbocycles. The first-order valence-electron chi connectivity index (χ1n) is 13.3. The summed E-state index contributed by atoms with van der Waals surface area (Å²) in [4.78, 5) is 40.7. The highest BCUT2D eigenvalue weighted by Crippen LogP contribution is 2.29. The Morgan fingerprint density at radius 1 is 0.895 bits per heavy atom. The summed E-state index contributed by atoms with van der Waals surface area (Å²) in [6.07, 6.45) is 4.05. The number of amides is 2. The summed E-state index contributed by atoms with van der Waals surface area (Å²) in [6.45, 7) is 6.12. The van der Waals surface area contributed by atoms with Crippen LogP contribution in [0.5, 0.6) is 0 Å². The van der Waals surface area contributed by atoms with E-state index in [1.165, 1.54) is 17.3 Å². The van der Waals surface area contributed by atoms with E-state index in [1.807, 2.05) is 24.0 Å². The predicted octanol–water partition coefficient (Wildman–Crippen LogP) is 3.59. The lowest BCUT2D eigenvalue weighted by Gasteiger charge is -2.40. The molecule has 2 aromatic carbocycles. The molecular weight excluding hydrogens is 478 g/mol. The van der Waals surface area contributed by atoms with Crippen molar-refractivity contribution in [1.29, 1.82) is 0 Å². The van der Waals surface area contributed by atoms with Crippen molar-refractivity contribution < 1.29 is 14.3 Å². The number of piperazine rings is 1. The highest BCUT2D eigenvalue weighted by molar-refractivity contribution is 5.92. The van der Waals surface area contributed by atoms with E-state index in [9.17, 15) is 9.59 Å². The number of methoxy groups -OCH3 is 1. The highest BCUT2D eigenvalue weighted by Gasteiger charge is 2.28. The molecule has 0 bridgehead atoms. The summed E-state index contributed by atoms with van der Waals surface area (Å²) in [5.41, 5.74) is 3.55. The Balaban J connectivity index is 1.36. The molecule has 0 unspecified atom stereocenters. The van der Waals surface area contributed by atoms with Gasteiger partial charge in [0.25, 0.3) is 5.91 Å². The van der Waals surface area contributed by atoms with Crippen molar-refractivity contribution in [3.05, 3.63) is 95.6 Å². The molecule has 8 heteroatoms. The average molecular weight is 516 g/mol. The fourth-order valence-electron chi connectivity index (χ4n) is 4.88. The van der Waals surface area contributed by atoms with Crippen LogP contribution in [0, 0.1) is 6.92 Å². The fourth-order valence-corrected chi connectivity index (χ4v) is 4.88. The number of hydrogen-bond donors (Lipinski definition) is 0. The van der Waals surface area contributed by atoms with Gasteiger partial charge < -0.3 is 14.5 Å². The molecule has 2 heterocycles. The van der Waals surface area contributed by atoms with Gasteiger partial charge in [-0.2, -0.15) is 0 Å². The van der Waals surface area contributed by atoms with Gasteiger partial charge in [0.1, 0.15) is 5.69 Å². The van der Waals surface area contributed by atoms with Gasteiger partial charge in [-0.3, -0.25) is 19.5 Å². The molecule has 0 radical (unpaired) electrons. The lowest BCUT2D eigenvalue weighted by Crippen LogP contribution is -2.50. The van der Waals surface area contributed by atoms with Gasteiger partial charge in [0.2, 0.25) is 5.91 Å². The SMILES string of the molecule is COCCCN(CCC(=O)N1CCN(C(c2ccccc2)c2ccccc2)CC1)C(=O)c1cnc(C)cn1. The van der Waals surface area contributed by atoms with E-state index in [1.54, 1.807) is 18.2 Å². The fraction of sp³-hybridized carbons (Fsp3) is 0.400. The summed E-state index contributed by atoms with van der Waals surface area (Å²) in [7, 11) is 1.64. The van der Waals surface area contributed by atoms with E-state index in [0.29, 0.717) is 44.9 Å². The van der Waals surface area contributed by atoms with Crippen LogP contribution in [0.2, 0.25) is 0 Å². The molecule has 1 aliphatic rings. The molecule has 200 valence electrons. The zero-order valence-electron chi connectivity index (χ0n) is 22.3. The van der Waals surface area contributed by atoms with Crippen molar-refractivity contribution in [3.8, 4) is 0 Å². The van der Waals surface area contributed by atoms with Gasteiger partial charge >= 0.3 is 0 Å². The minimum atomic E-state index is -0.209. The van der Waals surface area contributed by atoms with E-state index in [4.69, 9.17) is 4.74 Å². The Hall–Kier alpha value is -3.62. The second kappa shape index (κ2) is 13.8. The van der Waals surface area contributed by atoms with Crippen LogP contribution < -0.4 is 0 Å². The first-order chi connectivity index (χ1) is 18.6. The molecule has 38 heavy (non-hydrogen) atoms. The van der Waals surface area contributed by atoms with E-state index in [2.05, 4.69) is 63.4 Å². The number of rotatable bonds is 11. The first-order valence-corrected chi connectivity index (χ1v) is 13.3. The minimum absolute atomic E-state index is 0.0696. The number of carbonyl (C=O) groups excluding carboxylic acids is 2. The Kier molecular flexibility index (Phi) is 9.95. The van der Waals surface area contributed by atoms with Crippen molar-refractivity contribution in [1.82, 2.24) is 24.7 Å². The molecule has 0 spiro atoms. The monoisotopic (exact) mass is 515 g/mol. The number of ether oxygens (including phenoxy) is 1. The quantitative estimate of drug-likeness (QED) is 0.363. The molecule has 0 N–H and O–H groups in total. The van der Waals surface area contributed by atoms with Crippen molar-refractivity contribution in [3.63, 3.8) is 0 Å². The van der Waals surface area contributed by atoms with Gasteiger partial charge in [-0.15, -0.1) is 0 Å². The van der Waals surface area contributed by atoms with E-state index in [0.717, 1.165) is 18.8 Å². The van der Waals surface area contributed by atoms with E-state index >= 15 is 0 Å². The van der Waals surface area contributed by atoms with Gasteiger partial charge in [-0.05, 0) is 24.5 Å². The van der Waals surface area contributed by atoms with Crippen LogP contribution in [0.25, 0.3) is 0 Å². The standard InChI is InChI=1S/C30H37N5O3/c1-24-22-32-27(23-31-24)30(37)35(15-9-21-38-2)16-14-28(36)33-17-19-34(20-18-33)29(25-10-5-3-6-11-25)26-12-7-4-8-13-26/h3-8,10-13,22-23,29H,9,14-21H2,1-2H3. The third-order valence-corrected chi connectivity index (χ3v) is 6.92. The second-order valence-corrected chi connectivity index (χ2v) is 9.57. The number of hydrogen-bond acceptors (Lipinski definition) is 6. The lowest BCUT2D eigenvalue weighted by atomic mass is 9.96. The molecule has 0 atom stereocenters. The topological polar surface area (TPSA) is 78.9 Å². The Morgan fingerprint density at radius 2 is 1.53 bits per heavy atom. The smallest absolute Gasteiger partial charge is 0.274 e. The Labute approximate surface area is 225 Å². The number of benzene rings is 2. The van der Waals surface area contributed by atoms with Crippen LogP contribution in [0.4, 0.5) is 0 Å². The molecule has 1 fully saturated rings.